The fourth-order valence-corrected chi connectivity index (χ4v) is 3.52. The second-order valence-corrected chi connectivity index (χ2v) is 7.13. The zero-order valence-electron chi connectivity index (χ0n) is 13.8. The highest BCUT2D eigenvalue weighted by Crippen LogP contribution is 2.32. The average molecular weight is 447 g/mol. The number of nitrogens with zero attached hydrogens (tertiary/aromatic N) is 2. The topological polar surface area (TPSA) is 66.9 Å². The standard InChI is InChI=1S/C17H11Cl2F3N4OS/c18-13-5-10(6-14(19)25-13)12-8-28-16(24-12)26-15(27)23-7-9-3-1-2-4-11(9)17(20,21)22/h1-6,8H,7H2,(H2,23,24,26,27). The fourth-order valence-electron chi connectivity index (χ4n) is 2.34. The number of thiazole rings is 1. The molecule has 28 heavy (non-hydrogen) atoms. The molecule has 0 unspecified atom stereocenters. The number of nitrogens with one attached hydrogen (secondary N) is 2. The van der Waals surface area contributed by atoms with Gasteiger partial charge in [0.1, 0.15) is 10.3 Å². The van der Waals surface area contributed by atoms with Gasteiger partial charge in [0, 0.05) is 17.5 Å². The van der Waals surface area contributed by atoms with Crippen LogP contribution in [0.15, 0.2) is 41.8 Å². The number of aromatic nitrogens is 2. The van der Waals surface area contributed by atoms with E-state index in [2.05, 4.69) is 20.6 Å². The summed E-state index contributed by atoms with van der Waals surface area (Å²) in [4.78, 5) is 20.1. The van der Waals surface area contributed by atoms with Gasteiger partial charge < -0.3 is 5.32 Å². The molecule has 0 atom stereocenters. The maximum Gasteiger partial charge on any atom is 0.416 e. The summed E-state index contributed by atoms with van der Waals surface area (Å²) in [5, 5.41) is 7.22. The van der Waals surface area contributed by atoms with Crippen LogP contribution in [-0.2, 0) is 12.7 Å². The molecule has 0 saturated heterocycles. The molecule has 2 aromatic heterocycles. The first-order valence-electron chi connectivity index (χ1n) is 7.71. The predicted molar refractivity (Wildman–Crippen MR) is 103 cm³/mol. The van der Waals surface area contributed by atoms with Gasteiger partial charge in [0.15, 0.2) is 5.13 Å². The lowest BCUT2D eigenvalue weighted by Gasteiger charge is -2.13. The van der Waals surface area contributed by atoms with Crippen molar-refractivity contribution in [3.05, 3.63) is 63.2 Å². The average Bonchev–Trinajstić information content (AvgIpc) is 3.07. The van der Waals surface area contributed by atoms with E-state index in [9.17, 15) is 18.0 Å². The van der Waals surface area contributed by atoms with Gasteiger partial charge in [-0.05, 0) is 23.8 Å². The molecule has 5 nitrogen and oxygen atoms in total. The molecular weight excluding hydrogens is 436 g/mol. The molecule has 2 N–H and O–H groups in total. The maximum atomic E-state index is 13.0. The predicted octanol–water partition coefficient (Wildman–Crippen LogP) is 5.85. The summed E-state index contributed by atoms with van der Waals surface area (Å²) >= 11 is 12.9. The number of amides is 2. The van der Waals surface area contributed by atoms with Crippen LogP contribution >= 0.6 is 34.5 Å². The summed E-state index contributed by atoms with van der Waals surface area (Å²) < 4.78 is 38.9. The van der Waals surface area contributed by atoms with Crippen LogP contribution in [0.4, 0.5) is 23.1 Å². The zero-order chi connectivity index (χ0) is 20.3. The molecule has 0 radical (unpaired) electrons. The van der Waals surface area contributed by atoms with Crippen molar-refractivity contribution in [1.82, 2.24) is 15.3 Å². The van der Waals surface area contributed by atoms with Gasteiger partial charge in [-0.3, -0.25) is 5.32 Å². The Morgan fingerprint density at radius 2 is 1.79 bits per heavy atom. The van der Waals surface area contributed by atoms with Crippen molar-refractivity contribution >= 4 is 45.7 Å². The van der Waals surface area contributed by atoms with Gasteiger partial charge in [0.05, 0.1) is 11.3 Å². The Labute approximate surface area is 171 Å². The first-order valence-corrected chi connectivity index (χ1v) is 9.35. The lowest BCUT2D eigenvalue weighted by atomic mass is 10.1. The number of halogens is 5. The molecule has 11 heteroatoms. The SMILES string of the molecule is O=C(NCc1ccccc1C(F)(F)F)Nc1nc(-c2cc(Cl)nc(Cl)c2)cs1. The summed E-state index contributed by atoms with van der Waals surface area (Å²) in [7, 11) is 0. The smallest absolute Gasteiger partial charge is 0.334 e. The first-order chi connectivity index (χ1) is 13.2. The van der Waals surface area contributed by atoms with Crippen molar-refractivity contribution in [2.75, 3.05) is 5.32 Å². The molecule has 2 amide bonds. The Bertz CT molecular complexity index is 990. The van der Waals surface area contributed by atoms with Crippen molar-refractivity contribution in [3.63, 3.8) is 0 Å². The molecule has 0 fully saturated rings. The quantitative estimate of drug-likeness (QED) is 0.493. The zero-order valence-corrected chi connectivity index (χ0v) is 16.2. The number of carbonyl (C=O) groups is 1. The molecule has 3 aromatic rings. The Hall–Kier alpha value is -2.36. The molecule has 0 saturated carbocycles. The first kappa shape index (κ1) is 20.4. The lowest BCUT2D eigenvalue weighted by molar-refractivity contribution is -0.138. The van der Waals surface area contributed by atoms with Crippen LogP contribution in [0, 0.1) is 0 Å². The second kappa shape index (κ2) is 8.34. The lowest BCUT2D eigenvalue weighted by Crippen LogP contribution is -2.29. The monoisotopic (exact) mass is 446 g/mol. The molecule has 3 rings (SSSR count). The van der Waals surface area contributed by atoms with Gasteiger partial charge in [-0.25, -0.2) is 14.8 Å². The minimum absolute atomic E-state index is 0.0361. The van der Waals surface area contributed by atoms with E-state index in [4.69, 9.17) is 23.2 Å². The maximum absolute atomic E-state index is 13.0. The molecule has 2 heterocycles. The molecule has 0 aliphatic rings. The van der Waals surface area contributed by atoms with Gasteiger partial charge in [-0.2, -0.15) is 13.2 Å². The van der Waals surface area contributed by atoms with E-state index < -0.39 is 17.8 Å². The van der Waals surface area contributed by atoms with Crippen LogP contribution in [-0.4, -0.2) is 16.0 Å². The van der Waals surface area contributed by atoms with Crippen LogP contribution in [0.25, 0.3) is 11.3 Å². The van der Waals surface area contributed by atoms with E-state index in [1.807, 2.05) is 0 Å². The van der Waals surface area contributed by atoms with Crippen LogP contribution in [0.3, 0.4) is 0 Å². The summed E-state index contributed by atoms with van der Waals surface area (Å²) in [6, 6.07) is 7.50. The number of pyridine rings is 1. The molecule has 0 bridgehead atoms. The number of rotatable bonds is 4. The Kier molecular flexibility index (Phi) is 6.07. The van der Waals surface area contributed by atoms with Crippen molar-refractivity contribution in [2.24, 2.45) is 0 Å². The number of anilines is 1. The number of benzene rings is 1. The third kappa shape index (κ3) is 5.12. The third-order valence-electron chi connectivity index (χ3n) is 3.55. The van der Waals surface area contributed by atoms with Crippen LogP contribution in [0.5, 0.6) is 0 Å². The minimum atomic E-state index is -4.49. The highest BCUT2D eigenvalue weighted by Gasteiger charge is 2.32. The Balaban J connectivity index is 1.65. The normalized spacial score (nSPS) is 11.3. The van der Waals surface area contributed by atoms with Gasteiger partial charge >= 0.3 is 12.2 Å². The van der Waals surface area contributed by atoms with E-state index in [-0.39, 0.29) is 27.5 Å². The summed E-state index contributed by atoms with van der Waals surface area (Å²) in [6.07, 6.45) is -4.49. The summed E-state index contributed by atoms with van der Waals surface area (Å²) in [5.74, 6) is 0. The summed E-state index contributed by atoms with van der Waals surface area (Å²) in [5.41, 5.74) is 0.312. The molecule has 0 spiro atoms. The van der Waals surface area contributed by atoms with E-state index >= 15 is 0 Å². The van der Waals surface area contributed by atoms with Gasteiger partial charge in [-0.15, -0.1) is 11.3 Å². The van der Waals surface area contributed by atoms with Crippen molar-refractivity contribution in [2.45, 2.75) is 12.7 Å². The van der Waals surface area contributed by atoms with Gasteiger partial charge in [0.2, 0.25) is 0 Å². The molecule has 0 aliphatic carbocycles. The number of alkyl halides is 3. The van der Waals surface area contributed by atoms with Crippen molar-refractivity contribution < 1.29 is 18.0 Å². The van der Waals surface area contributed by atoms with E-state index in [1.165, 1.54) is 18.2 Å². The van der Waals surface area contributed by atoms with Gasteiger partial charge in [0.25, 0.3) is 0 Å². The Morgan fingerprint density at radius 3 is 2.46 bits per heavy atom. The number of carbonyl (C=O) groups excluding carboxylic acids is 1. The number of hydrogen-bond donors (Lipinski definition) is 2. The fraction of sp³-hybridized carbons (Fsp3) is 0.118. The molecule has 1 aromatic carbocycles. The van der Waals surface area contributed by atoms with Crippen LogP contribution in [0.1, 0.15) is 11.1 Å². The number of urea groups is 1. The van der Waals surface area contributed by atoms with Crippen molar-refractivity contribution in [1.29, 1.82) is 0 Å². The second-order valence-electron chi connectivity index (χ2n) is 5.50. The summed E-state index contributed by atoms with van der Waals surface area (Å²) in [6.45, 7) is -0.282. The largest absolute Gasteiger partial charge is 0.416 e. The van der Waals surface area contributed by atoms with E-state index in [1.54, 1.807) is 17.5 Å². The minimum Gasteiger partial charge on any atom is -0.334 e. The van der Waals surface area contributed by atoms with E-state index in [0.717, 1.165) is 17.4 Å². The van der Waals surface area contributed by atoms with E-state index in [0.29, 0.717) is 11.3 Å². The Morgan fingerprint density at radius 1 is 1.11 bits per heavy atom. The molecular formula is C17H11Cl2F3N4OS. The van der Waals surface area contributed by atoms with Gasteiger partial charge in [-0.1, -0.05) is 41.4 Å². The van der Waals surface area contributed by atoms with Crippen LogP contribution < -0.4 is 10.6 Å². The molecule has 146 valence electrons. The van der Waals surface area contributed by atoms with Crippen molar-refractivity contribution in [3.8, 4) is 11.3 Å². The van der Waals surface area contributed by atoms with Crippen LogP contribution in [0.2, 0.25) is 10.3 Å². The molecule has 0 aliphatic heterocycles. The third-order valence-corrected chi connectivity index (χ3v) is 4.69. The highest BCUT2D eigenvalue weighted by atomic mass is 35.5. The highest BCUT2D eigenvalue weighted by molar-refractivity contribution is 7.14. The number of hydrogen-bond acceptors (Lipinski definition) is 4.